The molecule has 182 valence electrons. The molecule has 0 radical (unpaired) electrons. The number of carbonyl (C=O) groups excluding carboxylic acids is 2. The molecule has 2 aliphatic heterocycles. The van der Waals surface area contributed by atoms with Crippen molar-refractivity contribution < 1.29 is 14.3 Å². The summed E-state index contributed by atoms with van der Waals surface area (Å²) in [6.45, 7) is 14.2. The van der Waals surface area contributed by atoms with Crippen LogP contribution in [-0.4, -0.2) is 47.0 Å². The van der Waals surface area contributed by atoms with Crippen LogP contribution in [0.25, 0.3) is 0 Å². The van der Waals surface area contributed by atoms with Gasteiger partial charge >= 0.3 is 6.09 Å². The van der Waals surface area contributed by atoms with E-state index in [2.05, 4.69) is 49.4 Å². The fourth-order valence-corrected chi connectivity index (χ4v) is 4.25. The molecule has 1 aromatic rings. The molecule has 5 heteroatoms. The highest BCUT2D eigenvalue weighted by Crippen LogP contribution is 2.31. The van der Waals surface area contributed by atoms with E-state index in [1.165, 1.54) is 16.7 Å². The third kappa shape index (κ3) is 6.28. The lowest BCUT2D eigenvalue weighted by atomic mass is 9.98. The van der Waals surface area contributed by atoms with Crippen LogP contribution in [0.5, 0.6) is 0 Å². The zero-order valence-corrected chi connectivity index (χ0v) is 21.5. The van der Waals surface area contributed by atoms with E-state index >= 15 is 0 Å². The Morgan fingerprint density at radius 1 is 1.06 bits per heavy atom. The van der Waals surface area contributed by atoms with Gasteiger partial charge in [0, 0.05) is 31.8 Å². The molecule has 1 aromatic carbocycles. The molecule has 3 aliphatic rings. The topological polar surface area (TPSA) is 49.9 Å². The van der Waals surface area contributed by atoms with E-state index in [0.717, 1.165) is 29.6 Å². The van der Waals surface area contributed by atoms with Gasteiger partial charge in [-0.1, -0.05) is 61.9 Å². The van der Waals surface area contributed by atoms with Crippen molar-refractivity contribution in [3.05, 3.63) is 82.0 Å². The smallest absolute Gasteiger partial charge is 0.410 e. The molecular formula is C29H38N2O3. The molecule has 0 saturated carbocycles. The molecule has 34 heavy (non-hydrogen) atoms. The third-order valence-electron chi connectivity index (χ3n) is 6.00. The van der Waals surface area contributed by atoms with E-state index < -0.39 is 5.60 Å². The van der Waals surface area contributed by atoms with Crippen LogP contribution in [0.15, 0.2) is 70.9 Å². The molecule has 4 rings (SSSR count). The molecule has 0 saturated heterocycles. The van der Waals surface area contributed by atoms with Crippen LogP contribution >= 0.6 is 0 Å². The Morgan fingerprint density at radius 2 is 1.76 bits per heavy atom. The molecule has 2 amide bonds. The Hall–Kier alpha value is -3.08. The van der Waals surface area contributed by atoms with Gasteiger partial charge in [-0.25, -0.2) is 4.79 Å². The van der Waals surface area contributed by atoms with Gasteiger partial charge in [0.1, 0.15) is 5.60 Å². The number of ether oxygens (including phenoxy) is 1. The van der Waals surface area contributed by atoms with Crippen molar-refractivity contribution in [2.45, 2.75) is 66.5 Å². The van der Waals surface area contributed by atoms with Crippen LogP contribution in [0.3, 0.4) is 0 Å². The second-order valence-electron chi connectivity index (χ2n) is 9.77. The molecule has 0 unspecified atom stereocenters. The number of nitrogens with zero attached hydrogens (tertiary/aromatic N) is 2. The first kappa shape index (κ1) is 25.5. The number of rotatable bonds is 3. The summed E-state index contributed by atoms with van der Waals surface area (Å²) in [5.41, 5.74) is 6.29. The maximum absolute atomic E-state index is 13.0. The van der Waals surface area contributed by atoms with Crippen molar-refractivity contribution in [3.63, 3.8) is 0 Å². The molecule has 0 spiro atoms. The Bertz CT molecular complexity index is 1040. The van der Waals surface area contributed by atoms with Crippen molar-refractivity contribution in [2.75, 3.05) is 19.6 Å². The summed E-state index contributed by atoms with van der Waals surface area (Å²) in [5, 5.41) is 0. The number of amides is 2. The number of allylic oxidation sites excluding steroid dienone is 3. The average Bonchev–Trinajstić information content (AvgIpc) is 2.96. The van der Waals surface area contributed by atoms with E-state index in [-0.39, 0.29) is 12.0 Å². The van der Waals surface area contributed by atoms with Crippen LogP contribution in [0.4, 0.5) is 4.79 Å². The van der Waals surface area contributed by atoms with E-state index in [9.17, 15) is 9.59 Å². The van der Waals surface area contributed by atoms with Gasteiger partial charge in [-0.15, -0.1) is 0 Å². The Balaban J connectivity index is 0.00000158. The van der Waals surface area contributed by atoms with Gasteiger partial charge in [-0.3, -0.25) is 4.79 Å². The van der Waals surface area contributed by atoms with E-state index in [1.54, 1.807) is 4.90 Å². The van der Waals surface area contributed by atoms with Gasteiger partial charge in [0.25, 0.3) is 5.91 Å². The number of aryl methyl sites for hydroxylation is 1. The van der Waals surface area contributed by atoms with Crippen LogP contribution in [0.1, 0.15) is 58.6 Å². The van der Waals surface area contributed by atoms with Crippen LogP contribution < -0.4 is 0 Å². The lowest BCUT2D eigenvalue weighted by molar-refractivity contribution is -0.125. The van der Waals surface area contributed by atoms with Gasteiger partial charge in [-0.05, 0) is 68.9 Å². The zero-order chi connectivity index (χ0) is 24.9. The lowest BCUT2D eigenvalue weighted by Crippen LogP contribution is -2.39. The Kier molecular flexibility index (Phi) is 8.19. The summed E-state index contributed by atoms with van der Waals surface area (Å²) < 4.78 is 5.48. The summed E-state index contributed by atoms with van der Waals surface area (Å²) in [5.74, 6) is 0.111. The molecule has 0 aromatic heterocycles. The molecular weight excluding hydrogens is 424 g/mol. The average molecular weight is 463 g/mol. The highest BCUT2D eigenvalue weighted by atomic mass is 16.6. The van der Waals surface area contributed by atoms with E-state index in [0.29, 0.717) is 26.2 Å². The Morgan fingerprint density at radius 3 is 2.38 bits per heavy atom. The normalized spacial score (nSPS) is 18.0. The molecule has 0 bridgehead atoms. The first-order chi connectivity index (χ1) is 16.2. The highest BCUT2D eigenvalue weighted by Gasteiger charge is 2.30. The first-order valence-electron chi connectivity index (χ1n) is 12.3. The second kappa shape index (κ2) is 10.9. The van der Waals surface area contributed by atoms with Gasteiger partial charge in [0.2, 0.25) is 0 Å². The first-order valence-corrected chi connectivity index (χ1v) is 12.3. The van der Waals surface area contributed by atoms with Crippen molar-refractivity contribution >= 4 is 12.0 Å². The van der Waals surface area contributed by atoms with Crippen LogP contribution in [-0.2, 0) is 16.1 Å². The minimum absolute atomic E-state index is 0.111. The van der Waals surface area contributed by atoms with Gasteiger partial charge in [0.05, 0.1) is 0 Å². The van der Waals surface area contributed by atoms with Gasteiger partial charge in [-0.2, -0.15) is 0 Å². The van der Waals surface area contributed by atoms with Crippen molar-refractivity contribution in [1.29, 1.82) is 0 Å². The number of carbonyl (C=O) groups is 2. The predicted molar refractivity (Wildman–Crippen MR) is 137 cm³/mol. The lowest BCUT2D eigenvalue weighted by Gasteiger charge is -2.29. The largest absolute Gasteiger partial charge is 0.444 e. The van der Waals surface area contributed by atoms with Gasteiger partial charge in [0.15, 0.2) is 0 Å². The molecule has 5 nitrogen and oxygen atoms in total. The summed E-state index contributed by atoms with van der Waals surface area (Å²) in [6.07, 6.45) is 9.66. The fourth-order valence-electron chi connectivity index (χ4n) is 4.25. The van der Waals surface area contributed by atoms with Crippen LogP contribution in [0.2, 0.25) is 0 Å². The fraction of sp³-hybridized carbons (Fsp3) is 0.448. The number of benzene rings is 1. The van der Waals surface area contributed by atoms with Gasteiger partial charge < -0.3 is 14.5 Å². The second-order valence-corrected chi connectivity index (χ2v) is 9.77. The SMILES string of the molecule is CC.Cc1ccc(CN2CC3=C(C=CC(C4=CCN(C(=O)OC(C)(C)C)CC4)=CC3)C2=O)cc1. The Labute approximate surface area is 204 Å². The summed E-state index contributed by atoms with van der Waals surface area (Å²) in [7, 11) is 0. The number of hydrogen-bond acceptors (Lipinski definition) is 3. The van der Waals surface area contributed by atoms with Crippen molar-refractivity contribution in [2.24, 2.45) is 0 Å². The zero-order valence-electron chi connectivity index (χ0n) is 21.5. The summed E-state index contributed by atoms with van der Waals surface area (Å²) in [4.78, 5) is 29.0. The molecule has 0 fully saturated rings. The molecule has 2 heterocycles. The standard InChI is InChI=1S/C27H32N2O3.C2H6/c1-19-5-7-20(8-6-19)17-29-18-23-10-9-21(11-12-24(23)25(29)30)22-13-15-28(16-14-22)26(31)32-27(2,3)4;1-2/h5-9,11-13H,10,14-18H2,1-4H3;1-2H3. The third-order valence-corrected chi connectivity index (χ3v) is 6.00. The van der Waals surface area contributed by atoms with Crippen molar-refractivity contribution in [1.82, 2.24) is 9.80 Å². The minimum atomic E-state index is -0.486. The highest BCUT2D eigenvalue weighted by molar-refractivity contribution is 6.00. The van der Waals surface area contributed by atoms with Crippen LogP contribution in [0, 0.1) is 6.92 Å². The van der Waals surface area contributed by atoms with E-state index in [4.69, 9.17) is 4.74 Å². The molecule has 1 aliphatic carbocycles. The summed E-state index contributed by atoms with van der Waals surface area (Å²) in [6, 6.07) is 8.36. The monoisotopic (exact) mass is 462 g/mol. The van der Waals surface area contributed by atoms with Crippen molar-refractivity contribution in [3.8, 4) is 0 Å². The predicted octanol–water partition coefficient (Wildman–Crippen LogP) is 6.11. The minimum Gasteiger partial charge on any atom is -0.444 e. The maximum Gasteiger partial charge on any atom is 0.410 e. The van der Waals surface area contributed by atoms with E-state index in [1.807, 2.05) is 45.6 Å². The quantitative estimate of drug-likeness (QED) is 0.544. The molecule has 0 N–H and O–H groups in total. The maximum atomic E-state index is 13.0. The summed E-state index contributed by atoms with van der Waals surface area (Å²) >= 11 is 0. The molecule has 0 atom stereocenters. The number of hydrogen-bond donors (Lipinski definition) is 0.